The Morgan fingerprint density at radius 3 is 2.85 bits per heavy atom. The molecule has 0 aliphatic carbocycles. The average Bonchev–Trinajstić information content (AvgIpc) is 2.85. The molecule has 1 aromatic carbocycles. The maximum Gasteiger partial charge on any atom is 0.224 e. The molecule has 0 unspecified atom stereocenters. The van der Waals surface area contributed by atoms with E-state index in [1.54, 1.807) is 16.4 Å². The monoisotopic (exact) mass is 285 g/mol. The molecule has 6 heteroatoms. The summed E-state index contributed by atoms with van der Waals surface area (Å²) < 4.78 is 1.79. The van der Waals surface area contributed by atoms with Crippen molar-refractivity contribution in [1.29, 1.82) is 0 Å². The number of nitrogens with zero attached hydrogens (tertiary/aromatic N) is 4. The van der Waals surface area contributed by atoms with Gasteiger partial charge in [-0.3, -0.25) is 4.68 Å². The van der Waals surface area contributed by atoms with E-state index in [1.165, 1.54) is 0 Å². The molecular weight excluding hydrogens is 270 g/mol. The van der Waals surface area contributed by atoms with Crippen LogP contribution in [0.1, 0.15) is 6.92 Å². The van der Waals surface area contributed by atoms with Crippen molar-refractivity contribution in [2.75, 3.05) is 11.9 Å². The molecule has 0 radical (unpaired) electrons. The third-order valence-electron chi connectivity index (χ3n) is 2.80. The molecule has 2 aromatic heterocycles. The molecule has 0 aliphatic rings. The zero-order valence-electron chi connectivity index (χ0n) is 11.4. The van der Waals surface area contributed by atoms with Gasteiger partial charge in [0.15, 0.2) is 0 Å². The van der Waals surface area contributed by atoms with E-state index in [1.807, 2.05) is 50.6 Å². The summed E-state index contributed by atoms with van der Waals surface area (Å²) in [5.41, 5.74) is 0.949. The molecule has 0 saturated heterocycles. The van der Waals surface area contributed by atoms with Crippen LogP contribution in [-0.2, 0) is 7.05 Å². The fourth-order valence-electron chi connectivity index (χ4n) is 1.93. The topological polar surface area (TPSA) is 55.6 Å². The van der Waals surface area contributed by atoms with E-state index in [-0.39, 0.29) is 0 Å². The number of rotatable bonds is 4. The van der Waals surface area contributed by atoms with Crippen molar-refractivity contribution >= 4 is 28.6 Å². The largest absolute Gasteiger partial charge is 0.354 e. The second-order valence-corrected chi connectivity index (χ2v) is 5.41. The predicted molar refractivity (Wildman–Crippen MR) is 81.0 cm³/mol. The van der Waals surface area contributed by atoms with Crippen LogP contribution in [0.5, 0.6) is 0 Å². The summed E-state index contributed by atoms with van der Waals surface area (Å²) in [5.74, 6) is 0.664. The van der Waals surface area contributed by atoms with Gasteiger partial charge in [-0.15, -0.1) is 0 Å². The first-order valence-electron chi connectivity index (χ1n) is 6.43. The van der Waals surface area contributed by atoms with Gasteiger partial charge in [-0.05, 0) is 13.0 Å². The van der Waals surface area contributed by atoms with Gasteiger partial charge in [0.25, 0.3) is 0 Å². The van der Waals surface area contributed by atoms with E-state index in [2.05, 4.69) is 20.4 Å². The van der Waals surface area contributed by atoms with E-state index >= 15 is 0 Å². The Morgan fingerprint density at radius 2 is 2.10 bits per heavy atom. The van der Waals surface area contributed by atoms with Gasteiger partial charge in [0, 0.05) is 25.2 Å². The minimum absolute atomic E-state index is 0.664. The molecule has 2 heterocycles. The molecule has 0 saturated carbocycles. The summed E-state index contributed by atoms with van der Waals surface area (Å²) in [6.45, 7) is 2.84. The number of nitrogens with one attached hydrogen (secondary N) is 1. The minimum atomic E-state index is 0.664. The lowest BCUT2D eigenvalue weighted by molar-refractivity contribution is 0.766. The van der Waals surface area contributed by atoms with Crippen molar-refractivity contribution in [3.8, 4) is 0 Å². The molecule has 0 amide bonds. The van der Waals surface area contributed by atoms with Gasteiger partial charge in [-0.1, -0.05) is 30.0 Å². The van der Waals surface area contributed by atoms with Crippen molar-refractivity contribution in [3.05, 3.63) is 36.7 Å². The quantitative estimate of drug-likeness (QED) is 0.747. The number of aryl methyl sites for hydroxylation is 1. The number of aromatic nitrogens is 4. The molecule has 1 N–H and O–H groups in total. The molecule has 3 rings (SSSR count). The molecule has 5 nitrogen and oxygen atoms in total. The molecule has 0 atom stereocenters. The fraction of sp³-hybridized carbons (Fsp3) is 0.214. The van der Waals surface area contributed by atoms with E-state index in [4.69, 9.17) is 0 Å². The van der Waals surface area contributed by atoms with E-state index in [0.29, 0.717) is 5.95 Å². The summed E-state index contributed by atoms with van der Waals surface area (Å²) in [5, 5.41) is 9.37. The van der Waals surface area contributed by atoms with Crippen molar-refractivity contribution in [2.45, 2.75) is 16.8 Å². The minimum Gasteiger partial charge on any atom is -0.354 e. The lowest BCUT2D eigenvalue weighted by atomic mass is 10.2. The normalized spacial score (nSPS) is 10.9. The number of hydrogen-bond donors (Lipinski definition) is 1. The maximum atomic E-state index is 4.60. The molecule has 20 heavy (non-hydrogen) atoms. The molecule has 3 aromatic rings. The molecule has 102 valence electrons. The fourth-order valence-corrected chi connectivity index (χ4v) is 2.87. The Bertz CT molecular complexity index is 737. The van der Waals surface area contributed by atoms with Crippen LogP contribution in [-0.4, -0.2) is 26.3 Å². The number of para-hydroxylation sites is 1. The maximum absolute atomic E-state index is 4.60. The summed E-state index contributed by atoms with van der Waals surface area (Å²) in [7, 11) is 1.91. The van der Waals surface area contributed by atoms with Crippen LogP contribution in [0.15, 0.2) is 46.6 Å². The van der Waals surface area contributed by atoms with E-state index in [0.717, 1.165) is 27.4 Å². The van der Waals surface area contributed by atoms with E-state index < -0.39 is 0 Å². The van der Waals surface area contributed by atoms with Crippen LogP contribution >= 0.6 is 11.8 Å². The third kappa shape index (κ3) is 2.60. The van der Waals surface area contributed by atoms with Gasteiger partial charge >= 0.3 is 0 Å². The molecule has 0 spiro atoms. The van der Waals surface area contributed by atoms with Gasteiger partial charge in [0.1, 0.15) is 5.03 Å². The molecular formula is C14H15N5S. The van der Waals surface area contributed by atoms with Crippen LogP contribution in [0, 0.1) is 0 Å². The van der Waals surface area contributed by atoms with Crippen LogP contribution in [0.2, 0.25) is 0 Å². The van der Waals surface area contributed by atoms with Crippen LogP contribution in [0.4, 0.5) is 5.95 Å². The van der Waals surface area contributed by atoms with Gasteiger partial charge < -0.3 is 5.32 Å². The highest BCUT2D eigenvalue weighted by Gasteiger charge is 2.09. The summed E-state index contributed by atoms with van der Waals surface area (Å²) in [4.78, 5) is 10.2. The molecule has 0 bridgehead atoms. The standard InChI is InChI=1S/C14H15N5S/c1-3-15-14-17-12-7-5-4-6-11(12)13(18-14)20-10-8-16-19(2)9-10/h4-9H,3H2,1-2H3,(H,15,17,18). The van der Waals surface area contributed by atoms with E-state index in [9.17, 15) is 0 Å². The summed E-state index contributed by atoms with van der Waals surface area (Å²) in [6.07, 6.45) is 3.82. The van der Waals surface area contributed by atoms with Crippen molar-refractivity contribution in [3.63, 3.8) is 0 Å². The Kier molecular flexibility index (Phi) is 3.56. The van der Waals surface area contributed by atoms with Crippen LogP contribution in [0.25, 0.3) is 10.9 Å². The summed E-state index contributed by atoms with van der Waals surface area (Å²) in [6, 6.07) is 8.05. The second-order valence-electron chi connectivity index (χ2n) is 4.35. The first kappa shape index (κ1) is 12.9. The zero-order chi connectivity index (χ0) is 13.9. The third-order valence-corrected chi connectivity index (χ3v) is 3.75. The summed E-state index contributed by atoms with van der Waals surface area (Å²) >= 11 is 1.60. The van der Waals surface area contributed by atoms with Gasteiger partial charge in [-0.2, -0.15) is 5.10 Å². The number of benzene rings is 1. The lowest BCUT2D eigenvalue weighted by Gasteiger charge is -2.07. The highest BCUT2D eigenvalue weighted by Crippen LogP contribution is 2.31. The predicted octanol–water partition coefficient (Wildman–Crippen LogP) is 2.95. The van der Waals surface area contributed by atoms with Crippen molar-refractivity contribution in [2.24, 2.45) is 7.05 Å². The number of fused-ring (bicyclic) bond motifs is 1. The smallest absolute Gasteiger partial charge is 0.224 e. The Balaban J connectivity index is 2.06. The van der Waals surface area contributed by atoms with Gasteiger partial charge in [-0.25, -0.2) is 9.97 Å². The second kappa shape index (κ2) is 5.50. The lowest BCUT2D eigenvalue weighted by Crippen LogP contribution is -2.03. The van der Waals surface area contributed by atoms with Gasteiger partial charge in [0.05, 0.1) is 16.6 Å². The molecule has 0 fully saturated rings. The number of hydrogen-bond acceptors (Lipinski definition) is 5. The van der Waals surface area contributed by atoms with Crippen LogP contribution in [0.3, 0.4) is 0 Å². The first-order chi connectivity index (χ1) is 9.76. The Hall–Kier alpha value is -2.08. The Morgan fingerprint density at radius 1 is 1.25 bits per heavy atom. The highest BCUT2D eigenvalue weighted by atomic mass is 32.2. The number of anilines is 1. The zero-order valence-corrected chi connectivity index (χ0v) is 12.2. The average molecular weight is 285 g/mol. The SMILES string of the molecule is CCNc1nc(Sc2cnn(C)c2)c2ccccc2n1. The Labute approximate surface area is 121 Å². The van der Waals surface area contributed by atoms with Gasteiger partial charge in [0.2, 0.25) is 5.95 Å². The van der Waals surface area contributed by atoms with Crippen LogP contribution < -0.4 is 5.32 Å². The first-order valence-corrected chi connectivity index (χ1v) is 7.25. The highest BCUT2D eigenvalue weighted by molar-refractivity contribution is 7.99. The van der Waals surface area contributed by atoms with Crippen molar-refractivity contribution in [1.82, 2.24) is 19.7 Å². The van der Waals surface area contributed by atoms with Crippen molar-refractivity contribution < 1.29 is 0 Å². The molecule has 0 aliphatic heterocycles.